The maximum Gasteiger partial charge on any atom is 0.265 e. The number of hydrogen-bond acceptors (Lipinski definition) is 5. The Morgan fingerprint density at radius 2 is 1.79 bits per heavy atom. The van der Waals surface area contributed by atoms with E-state index < -0.39 is 5.60 Å². The van der Waals surface area contributed by atoms with Crippen LogP contribution in [0.5, 0.6) is 5.75 Å². The Balaban J connectivity index is 1.76. The van der Waals surface area contributed by atoms with Crippen molar-refractivity contribution >= 4 is 22.6 Å². The van der Waals surface area contributed by atoms with Gasteiger partial charge in [-0.3, -0.25) is 9.42 Å². The lowest BCUT2D eigenvalue weighted by Crippen LogP contribution is -2.52. The molecule has 0 saturated carbocycles. The number of aromatic nitrogens is 2. The minimum absolute atomic E-state index is 0.0538. The van der Waals surface area contributed by atoms with Gasteiger partial charge in [-0.25, -0.2) is 0 Å². The van der Waals surface area contributed by atoms with Crippen LogP contribution in [0.2, 0.25) is 0 Å². The molecule has 6 heteroatoms. The number of ketones is 1. The van der Waals surface area contributed by atoms with Gasteiger partial charge in [-0.05, 0) is 33.4 Å². The van der Waals surface area contributed by atoms with Gasteiger partial charge in [0.25, 0.3) is 17.0 Å². The van der Waals surface area contributed by atoms with E-state index in [4.69, 9.17) is 9.37 Å². The molecule has 0 amide bonds. The number of fused-ring (bicyclic) bond motifs is 8. The van der Waals surface area contributed by atoms with Crippen molar-refractivity contribution in [3.8, 4) is 17.0 Å². The summed E-state index contributed by atoms with van der Waals surface area (Å²) in [6.45, 7) is 0. The first kappa shape index (κ1) is 15.2. The van der Waals surface area contributed by atoms with Gasteiger partial charge in [0, 0.05) is 10.7 Å². The SMILES string of the molecule is O=C1C=Cc2ccccc2C12Oc1ccc3ccccc3c1-c1no[n+]([O-])c12. The highest BCUT2D eigenvalue weighted by molar-refractivity contribution is 6.09. The molecule has 1 atom stereocenters. The maximum absolute atomic E-state index is 13.2. The zero-order valence-corrected chi connectivity index (χ0v) is 14.5. The van der Waals surface area contributed by atoms with Crippen LogP contribution < -0.4 is 9.64 Å². The van der Waals surface area contributed by atoms with Gasteiger partial charge in [0.2, 0.25) is 5.78 Å². The molecule has 2 aliphatic rings. The lowest BCUT2D eigenvalue weighted by Gasteiger charge is -2.36. The number of benzene rings is 3. The van der Waals surface area contributed by atoms with E-state index in [0.717, 1.165) is 16.3 Å². The summed E-state index contributed by atoms with van der Waals surface area (Å²) in [7, 11) is 0. The van der Waals surface area contributed by atoms with Crippen molar-refractivity contribution < 1.29 is 19.1 Å². The van der Waals surface area contributed by atoms with Crippen LogP contribution in [-0.4, -0.2) is 10.9 Å². The first-order valence-corrected chi connectivity index (χ1v) is 8.83. The molecule has 6 nitrogen and oxygen atoms in total. The number of hydrogen-bond donors (Lipinski definition) is 0. The zero-order chi connectivity index (χ0) is 18.9. The highest BCUT2D eigenvalue weighted by Gasteiger charge is 2.57. The minimum Gasteiger partial charge on any atom is -0.464 e. The number of rotatable bonds is 0. The Bertz CT molecular complexity index is 1340. The minimum atomic E-state index is -1.63. The Hall–Kier alpha value is -3.93. The van der Waals surface area contributed by atoms with Gasteiger partial charge in [0.15, 0.2) is 0 Å². The second-order valence-electron chi connectivity index (χ2n) is 6.86. The molecule has 1 aliphatic carbocycles. The molecule has 0 radical (unpaired) electrons. The van der Waals surface area contributed by atoms with E-state index in [9.17, 15) is 10.0 Å². The van der Waals surface area contributed by atoms with Gasteiger partial charge in [-0.1, -0.05) is 60.7 Å². The van der Waals surface area contributed by atoms with Crippen molar-refractivity contribution in [2.24, 2.45) is 0 Å². The molecule has 1 aliphatic heterocycles. The summed E-state index contributed by atoms with van der Waals surface area (Å²) in [6, 6.07) is 18.8. The Morgan fingerprint density at radius 1 is 0.964 bits per heavy atom. The van der Waals surface area contributed by atoms with Crippen molar-refractivity contribution in [3.63, 3.8) is 0 Å². The molecule has 0 N–H and O–H groups in total. The Morgan fingerprint density at radius 3 is 2.71 bits per heavy atom. The molecule has 6 rings (SSSR count). The van der Waals surface area contributed by atoms with Crippen molar-refractivity contribution in [2.75, 3.05) is 0 Å². The molecule has 1 spiro atoms. The molecular weight excluding hydrogens is 356 g/mol. The average molecular weight is 368 g/mol. The van der Waals surface area contributed by atoms with Crippen LogP contribution in [0.25, 0.3) is 28.1 Å². The summed E-state index contributed by atoms with van der Waals surface area (Å²) in [5.41, 5.74) is 0.799. The van der Waals surface area contributed by atoms with Gasteiger partial charge < -0.3 is 9.94 Å². The smallest absolute Gasteiger partial charge is 0.265 e. The van der Waals surface area contributed by atoms with Crippen LogP contribution in [0, 0.1) is 5.21 Å². The maximum atomic E-state index is 13.2. The molecule has 0 fully saturated rings. The standard InChI is InChI=1S/C22H12N2O4/c25-18-12-10-14-6-2-4-8-16(14)22(18)21-20(23-28-24(21)26)19-15-7-3-1-5-13(15)9-11-17(19)27-22/h1-12H. The van der Waals surface area contributed by atoms with Crippen molar-refractivity contribution in [2.45, 2.75) is 5.60 Å². The zero-order valence-electron chi connectivity index (χ0n) is 14.5. The Labute approximate surface area is 158 Å². The quantitative estimate of drug-likeness (QED) is 0.445. The topological polar surface area (TPSA) is 79.3 Å². The summed E-state index contributed by atoms with van der Waals surface area (Å²) in [6.07, 6.45) is 3.16. The van der Waals surface area contributed by atoms with Gasteiger partial charge >= 0.3 is 0 Å². The summed E-state index contributed by atoms with van der Waals surface area (Å²) in [4.78, 5) is 13.5. The van der Waals surface area contributed by atoms with Gasteiger partial charge in [-0.2, -0.15) is 0 Å². The number of carbonyl (C=O) groups excluding carboxylic acids is 1. The van der Waals surface area contributed by atoms with Crippen LogP contribution in [0.4, 0.5) is 0 Å². The number of nitrogens with zero attached hydrogens (tertiary/aromatic N) is 2. The molecule has 28 heavy (non-hydrogen) atoms. The third kappa shape index (κ3) is 1.69. The van der Waals surface area contributed by atoms with E-state index in [1.54, 1.807) is 18.2 Å². The number of ether oxygens (including phenoxy) is 1. The first-order valence-electron chi connectivity index (χ1n) is 8.83. The largest absolute Gasteiger partial charge is 0.464 e. The molecule has 134 valence electrons. The summed E-state index contributed by atoms with van der Waals surface area (Å²) < 4.78 is 11.3. The van der Waals surface area contributed by atoms with E-state index in [1.807, 2.05) is 48.5 Å². The van der Waals surface area contributed by atoms with E-state index >= 15 is 0 Å². The summed E-state index contributed by atoms with van der Waals surface area (Å²) in [5.74, 6) is 0.137. The molecular formula is C22H12N2O4. The van der Waals surface area contributed by atoms with Gasteiger partial charge in [0.1, 0.15) is 5.75 Å². The number of carbonyl (C=O) groups is 1. The van der Waals surface area contributed by atoms with Crippen LogP contribution in [0.3, 0.4) is 0 Å². The highest BCUT2D eigenvalue weighted by Crippen LogP contribution is 2.51. The molecule has 3 aromatic carbocycles. The molecule has 0 bridgehead atoms. The van der Waals surface area contributed by atoms with Crippen LogP contribution >= 0.6 is 0 Å². The highest BCUT2D eigenvalue weighted by atomic mass is 16.8. The van der Waals surface area contributed by atoms with Crippen molar-refractivity contribution in [3.05, 3.63) is 88.8 Å². The third-order valence-electron chi connectivity index (χ3n) is 5.44. The molecule has 4 aromatic rings. The predicted molar refractivity (Wildman–Crippen MR) is 100 cm³/mol. The summed E-state index contributed by atoms with van der Waals surface area (Å²) >= 11 is 0. The fraction of sp³-hybridized carbons (Fsp3) is 0.0455. The fourth-order valence-corrected chi connectivity index (χ4v) is 4.23. The van der Waals surface area contributed by atoms with Crippen molar-refractivity contribution in [1.29, 1.82) is 0 Å². The average Bonchev–Trinajstić information content (AvgIpc) is 3.13. The second kappa shape index (κ2) is 5.07. The fourth-order valence-electron chi connectivity index (χ4n) is 4.23. The van der Waals surface area contributed by atoms with E-state index in [1.165, 1.54) is 6.08 Å². The summed E-state index contributed by atoms with van der Waals surface area (Å²) in [5, 5.41) is 18.5. The van der Waals surface area contributed by atoms with E-state index in [2.05, 4.69) is 5.16 Å². The third-order valence-corrected chi connectivity index (χ3v) is 5.44. The second-order valence-corrected chi connectivity index (χ2v) is 6.86. The molecule has 1 aromatic heterocycles. The normalized spacial score (nSPS) is 19.2. The first-order chi connectivity index (χ1) is 13.7. The van der Waals surface area contributed by atoms with Crippen LogP contribution in [0.1, 0.15) is 16.8 Å². The van der Waals surface area contributed by atoms with E-state index in [-0.39, 0.29) is 16.4 Å². The molecule has 1 unspecified atom stereocenters. The van der Waals surface area contributed by atoms with Gasteiger partial charge in [0.05, 0.1) is 5.56 Å². The van der Waals surface area contributed by atoms with Gasteiger partial charge in [-0.15, -0.1) is 0 Å². The monoisotopic (exact) mass is 368 g/mol. The lowest BCUT2D eigenvalue weighted by atomic mass is 9.76. The molecule has 2 heterocycles. The Kier molecular flexibility index (Phi) is 2.75. The van der Waals surface area contributed by atoms with E-state index in [0.29, 0.717) is 22.6 Å². The van der Waals surface area contributed by atoms with Crippen molar-refractivity contribution in [1.82, 2.24) is 5.16 Å². The lowest BCUT2D eigenvalue weighted by molar-refractivity contribution is -0.810. The molecule has 0 saturated heterocycles. The van der Waals surface area contributed by atoms with Crippen LogP contribution in [-0.2, 0) is 10.4 Å². The van der Waals surface area contributed by atoms with Crippen LogP contribution in [0.15, 0.2) is 71.4 Å². The predicted octanol–water partition coefficient (Wildman–Crippen LogP) is 3.36.